The maximum absolute atomic E-state index is 9.95. The smallest absolute Gasteiger partial charge is 0.129 e. The molecule has 0 saturated heterocycles. The monoisotopic (exact) mass is 226 g/mol. The number of rotatable bonds is 3. The summed E-state index contributed by atoms with van der Waals surface area (Å²) in [6, 6.07) is 5.74. The first kappa shape index (κ1) is 9.71. The van der Waals surface area contributed by atoms with Gasteiger partial charge in [0, 0.05) is 15.1 Å². The van der Waals surface area contributed by atoms with E-state index in [1.54, 1.807) is 18.4 Å². The molecule has 1 unspecified atom stereocenters. The molecular weight excluding hydrogens is 216 g/mol. The maximum Gasteiger partial charge on any atom is 0.129 e. The lowest BCUT2D eigenvalue weighted by Gasteiger charge is -2.04. The molecule has 1 atom stereocenters. The number of aliphatic hydroxyl groups excluding tert-OH is 1. The summed E-state index contributed by atoms with van der Waals surface area (Å²) in [4.78, 5) is 1.89. The number of aliphatic hydroxyl groups is 1. The van der Waals surface area contributed by atoms with Gasteiger partial charge in [-0.3, -0.25) is 0 Å². The molecule has 0 aromatic carbocycles. The zero-order valence-corrected chi connectivity index (χ0v) is 9.27. The number of hydrogen-bond donors (Lipinski definition) is 1. The summed E-state index contributed by atoms with van der Waals surface area (Å²) in [6.45, 7) is 0. The fraction of sp³-hybridized carbons (Fsp3) is 0.200. The summed E-state index contributed by atoms with van der Waals surface area (Å²) in [5, 5.41) is 13.8. The fourth-order valence-corrected chi connectivity index (χ4v) is 2.83. The summed E-state index contributed by atoms with van der Waals surface area (Å²) in [5.41, 5.74) is 0. The molecule has 74 valence electrons. The van der Waals surface area contributed by atoms with Crippen molar-refractivity contribution in [1.29, 1.82) is 0 Å². The van der Waals surface area contributed by atoms with Gasteiger partial charge in [0.1, 0.15) is 11.9 Å². The zero-order chi connectivity index (χ0) is 9.97. The normalized spacial score (nSPS) is 12.7. The largest absolute Gasteiger partial charge is 0.496 e. The second-order valence-electron chi connectivity index (χ2n) is 2.81. The summed E-state index contributed by atoms with van der Waals surface area (Å²) in [5.74, 6) is 0.806. The molecule has 2 rings (SSSR count). The molecule has 2 heterocycles. The van der Waals surface area contributed by atoms with Crippen LogP contribution in [0.3, 0.4) is 0 Å². The first-order valence-electron chi connectivity index (χ1n) is 4.15. The summed E-state index contributed by atoms with van der Waals surface area (Å²) in [7, 11) is 1.63. The van der Waals surface area contributed by atoms with Crippen molar-refractivity contribution in [2.45, 2.75) is 6.10 Å². The lowest BCUT2D eigenvalue weighted by atomic mass is 10.2. The Morgan fingerprint density at radius 1 is 1.36 bits per heavy atom. The van der Waals surface area contributed by atoms with Gasteiger partial charge in [0.2, 0.25) is 0 Å². The van der Waals surface area contributed by atoms with Crippen molar-refractivity contribution in [1.82, 2.24) is 0 Å². The third-order valence-electron chi connectivity index (χ3n) is 1.91. The molecule has 0 radical (unpaired) electrons. The van der Waals surface area contributed by atoms with E-state index < -0.39 is 6.10 Å². The van der Waals surface area contributed by atoms with E-state index >= 15 is 0 Å². The summed E-state index contributed by atoms with van der Waals surface area (Å²) in [6.07, 6.45) is -0.510. The molecule has 0 amide bonds. The van der Waals surface area contributed by atoms with Crippen molar-refractivity contribution in [3.63, 3.8) is 0 Å². The highest BCUT2D eigenvalue weighted by molar-refractivity contribution is 7.11. The van der Waals surface area contributed by atoms with Gasteiger partial charge >= 0.3 is 0 Å². The molecule has 0 bridgehead atoms. The molecule has 0 aliphatic rings. The van der Waals surface area contributed by atoms with Crippen molar-refractivity contribution < 1.29 is 9.84 Å². The van der Waals surface area contributed by atoms with E-state index in [0.717, 1.165) is 15.5 Å². The topological polar surface area (TPSA) is 29.5 Å². The van der Waals surface area contributed by atoms with Gasteiger partial charge in [-0.25, -0.2) is 0 Å². The van der Waals surface area contributed by atoms with Crippen molar-refractivity contribution in [2.75, 3.05) is 7.11 Å². The van der Waals surface area contributed by atoms with Crippen molar-refractivity contribution >= 4 is 22.7 Å². The Labute approximate surface area is 90.4 Å². The van der Waals surface area contributed by atoms with Crippen molar-refractivity contribution in [2.24, 2.45) is 0 Å². The van der Waals surface area contributed by atoms with Crippen LogP contribution in [0.1, 0.15) is 15.9 Å². The Morgan fingerprint density at radius 3 is 2.79 bits per heavy atom. The Hall–Kier alpha value is -0.840. The predicted molar refractivity (Wildman–Crippen MR) is 59.3 cm³/mol. The average molecular weight is 226 g/mol. The average Bonchev–Trinajstić information content (AvgIpc) is 2.88. The van der Waals surface area contributed by atoms with E-state index in [2.05, 4.69) is 0 Å². The highest BCUT2D eigenvalue weighted by Crippen LogP contribution is 2.32. The Balaban J connectivity index is 2.23. The van der Waals surface area contributed by atoms with E-state index in [-0.39, 0.29) is 0 Å². The molecule has 2 aromatic rings. The molecule has 0 spiro atoms. The van der Waals surface area contributed by atoms with E-state index in [1.807, 2.05) is 29.0 Å². The quantitative estimate of drug-likeness (QED) is 0.872. The highest BCUT2D eigenvalue weighted by atomic mass is 32.1. The van der Waals surface area contributed by atoms with Gasteiger partial charge in [0.05, 0.1) is 7.11 Å². The molecule has 2 aromatic heterocycles. The van der Waals surface area contributed by atoms with Gasteiger partial charge in [-0.1, -0.05) is 6.07 Å². The molecule has 1 N–H and O–H groups in total. The molecule has 14 heavy (non-hydrogen) atoms. The summed E-state index contributed by atoms with van der Waals surface area (Å²) < 4.78 is 5.07. The maximum atomic E-state index is 9.95. The van der Waals surface area contributed by atoms with Crippen LogP contribution in [0.25, 0.3) is 0 Å². The standard InChI is InChI=1S/C10H10O2S2/c1-12-7-5-9(14-6-7)10(11)8-3-2-4-13-8/h2-6,10-11H,1H3. The lowest BCUT2D eigenvalue weighted by Crippen LogP contribution is -1.92. The van der Waals surface area contributed by atoms with E-state index in [9.17, 15) is 5.11 Å². The molecule has 2 nitrogen and oxygen atoms in total. The van der Waals surface area contributed by atoms with Crippen LogP contribution < -0.4 is 4.74 Å². The van der Waals surface area contributed by atoms with Gasteiger partial charge in [-0.15, -0.1) is 22.7 Å². The predicted octanol–water partition coefficient (Wildman–Crippen LogP) is 2.90. The Morgan fingerprint density at radius 2 is 2.21 bits per heavy atom. The number of methoxy groups -OCH3 is 1. The molecule has 0 aliphatic heterocycles. The van der Waals surface area contributed by atoms with Crippen LogP contribution in [0, 0.1) is 0 Å². The van der Waals surface area contributed by atoms with Gasteiger partial charge in [-0.05, 0) is 17.5 Å². The first-order chi connectivity index (χ1) is 6.81. The van der Waals surface area contributed by atoms with Crippen LogP contribution in [0.2, 0.25) is 0 Å². The Bertz CT molecular complexity index is 392. The third-order valence-corrected chi connectivity index (χ3v) is 3.80. The third kappa shape index (κ3) is 1.82. The zero-order valence-electron chi connectivity index (χ0n) is 7.64. The number of ether oxygens (including phenoxy) is 1. The van der Waals surface area contributed by atoms with Crippen LogP contribution in [-0.4, -0.2) is 12.2 Å². The van der Waals surface area contributed by atoms with Crippen LogP contribution in [0.5, 0.6) is 5.75 Å². The minimum absolute atomic E-state index is 0.510. The number of thiophene rings is 2. The van der Waals surface area contributed by atoms with Crippen LogP contribution >= 0.6 is 22.7 Å². The molecular formula is C10H10O2S2. The molecule has 0 aliphatic carbocycles. The minimum Gasteiger partial charge on any atom is -0.496 e. The molecule has 0 fully saturated rings. The molecule has 0 saturated carbocycles. The summed E-state index contributed by atoms with van der Waals surface area (Å²) >= 11 is 3.07. The SMILES string of the molecule is COc1csc(C(O)c2cccs2)c1. The Kier molecular flexibility index (Phi) is 2.86. The minimum atomic E-state index is -0.510. The second kappa shape index (κ2) is 4.13. The highest BCUT2D eigenvalue weighted by Gasteiger charge is 2.13. The van der Waals surface area contributed by atoms with Gasteiger partial charge in [-0.2, -0.15) is 0 Å². The van der Waals surface area contributed by atoms with Crippen molar-refractivity contribution in [3.8, 4) is 5.75 Å². The lowest BCUT2D eigenvalue weighted by molar-refractivity contribution is 0.227. The van der Waals surface area contributed by atoms with E-state index in [0.29, 0.717) is 0 Å². The van der Waals surface area contributed by atoms with E-state index in [1.165, 1.54) is 11.3 Å². The van der Waals surface area contributed by atoms with Gasteiger partial charge < -0.3 is 9.84 Å². The van der Waals surface area contributed by atoms with Gasteiger partial charge in [0.15, 0.2) is 0 Å². The van der Waals surface area contributed by atoms with Crippen LogP contribution in [-0.2, 0) is 0 Å². The second-order valence-corrected chi connectivity index (χ2v) is 4.73. The van der Waals surface area contributed by atoms with Crippen LogP contribution in [0.4, 0.5) is 0 Å². The fourth-order valence-electron chi connectivity index (χ4n) is 1.17. The van der Waals surface area contributed by atoms with Crippen molar-refractivity contribution in [3.05, 3.63) is 38.7 Å². The van der Waals surface area contributed by atoms with Crippen LogP contribution in [0.15, 0.2) is 29.0 Å². The van der Waals surface area contributed by atoms with E-state index in [4.69, 9.17) is 4.74 Å². The molecule has 4 heteroatoms. The van der Waals surface area contributed by atoms with Gasteiger partial charge in [0.25, 0.3) is 0 Å². The first-order valence-corrected chi connectivity index (χ1v) is 5.91. The number of hydrogen-bond acceptors (Lipinski definition) is 4.